The maximum absolute atomic E-state index is 12.6. The number of hydrogen-bond donors (Lipinski definition) is 2. The fourth-order valence-corrected chi connectivity index (χ4v) is 2.31. The lowest BCUT2D eigenvalue weighted by Crippen LogP contribution is -2.30. The Kier molecular flexibility index (Phi) is 5.49. The van der Waals surface area contributed by atoms with E-state index < -0.39 is 5.97 Å². The number of anilines is 1. The molecular formula is C18H20N2O3. The summed E-state index contributed by atoms with van der Waals surface area (Å²) in [5.74, 6) is -1.48. The van der Waals surface area contributed by atoms with Crippen LogP contribution in [0.15, 0.2) is 54.6 Å². The molecule has 5 heteroatoms. The van der Waals surface area contributed by atoms with E-state index in [4.69, 9.17) is 5.11 Å². The molecule has 0 aliphatic heterocycles. The van der Waals surface area contributed by atoms with Gasteiger partial charge in [-0.05, 0) is 43.9 Å². The summed E-state index contributed by atoms with van der Waals surface area (Å²) in [7, 11) is 3.79. The van der Waals surface area contributed by atoms with Crippen molar-refractivity contribution in [3.63, 3.8) is 0 Å². The van der Waals surface area contributed by atoms with E-state index in [-0.39, 0.29) is 17.4 Å². The van der Waals surface area contributed by atoms with Gasteiger partial charge in [0, 0.05) is 12.2 Å². The molecule has 0 aromatic heterocycles. The number of nitrogens with zero attached hydrogens (tertiary/aromatic N) is 1. The largest absolute Gasteiger partial charge is 0.478 e. The van der Waals surface area contributed by atoms with Crippen LogP contribution in [0.2, 0.25) is 0 Å². The molecule has 1 unspecified atom stereocenters. The minimum atomic E-state index is -0.977. The monoisotopic (exact) mass is 312 g/mol. The molecule has 2 aromatic rings. The van der Waals surface area contributed by atoms with Crippen LogP contribution in [0.3, 0.4) is 0 Å². The van der Waals surface area contributed by atoms with Crippen LogP contribution in [0.25, 0.3) is 0 Å². The molecule has 23 heavy (non-hydrogen) atoms. The first-order valence-corrected chi connectivity index (χ1v) is 7.31. The molecule has 0 aliphatic rings. The SMILES string of the molecule is CN(C)CC(C(=O)Nc1ccccc1)c1ccc(C(=O)O)cc1. The Morgan fingerprint density at radius 1 is 1.04 bits per heavy atom. The molecule has 1 atom stereocenters. The van der Waals surface area contributed by atoms with Gasteiger partial charge in [-0.3, -0.25) is 4.79 Å². The number of hydrogen-bond acceptors (Lipinski definition) is 3. The average Bonchev–Trinajstić information content (AvgIpc) is 2.53. The standard InChI is InChI=1S/C18H20N2O3/c1-20(2)12-16(13-8-10-14(11-9-13)18(22)23)17(21)19-15-6-4-3-5-7-15/h3-11,16H,12H2,1-2H3,(H,19,21)(H,22,23). The van der Waals surface area contributed by atoms with Crippen LogP contribution in [0.4, 0.5) is 5.69 Å². The molecule has 1 amide bonds. The van der Waals surface area contributed by atoms with Gasteiger partial charge >= 0.3 is 5.97 Å². The van der Waals surface area contributed by atoms with Crippen molar-refractivity contribution in [3.8, 4) is 0 Å². The van der Waals surface area contributed by atoms with E-state index >= 15 is 0 Å². The van der Waals surface area contributed by atoms with Gasteiger partial charge in [-0.25, -0.2) is 4.79 Å². The van der Waals surface area contributed by atoms with E-state index in [0.29, 0.717) is 6.54 Å². The van der Waals surface area contributed by atoms with E-state index in [1.807, 2.05) is 49.3 Å². The molecule has 0 spiro atoms. The maximum Gasteiger partial charge on any atom is 0.335 e. The third-order valence-electron chi connectivity index (χ3n) is 3.47. The highest BCUT2D eigenvalue weighted by molar-refractivity contribution is 5.96. The highest BCUT2D eigenvalue weighted by atomic mass is 16.4. The number of benzene rings is 2. The lowest BCUT2D eigenvalue weighted by atomic mass is 9.96. The summed E-state index contributed by atoms with van der Waals surface area (Å²) in [4.78, 5) is 25.5. The number of carbonyl (C=O) groups excluding carboxylic acids is 1. The smallest absolute Gasteiger partial charge is 0.335 e. The van der Waals surface area contributed by atoms with Crippen molar-refractivity contribution >= 4 is 17.6 Å². The van der Waals surface area contributed by atoms with Crippen molar-refractivity contribution in [2.75, 3.05) is 26.0 Å². The first kappa shape index (κ1) is 16.7. The maximum atomic E-state index is 12.6. The fraction of sp³-hybridized carbons (Fsp3) is 0.222. The van der Waals surface area contributed by atoms with Crippen LogP contribution in [-0.4, -0.2) is 42.5 Å². The van der Waals surface area contributed by atoms with E-state index in [9.17, 15) is 9.59 Å². The Morgan fingerprint density at radius 3 is 2.17 bits per heavy atom. The highest BCUT2D eigenvalue weighted by Gasteiger charge is 2.22. The fourth-order valence-electron chi connectivity index (χ4n) is 2.31. The lowest BCUT2D eigenvalue weighted by Gasteiger charge is -2.21. The zero-order chi connectivity index (χ0) is 16.8. The van der Waals surface area contributed by atoms with Crippen molar-refractivity contribution in [2.24, 2.45) is 0 Å². The molecule has 120 valence electrons. The number of carbonyl (C=O) groups is 2. The predicted octanol–water partition coefficient (Wildman–Crippen LogP) is 2.67. The van der Waals surface area contributed by atoms with E-state index in [1.165, 1.54) is 12.1 Å². The molecule has 2 rings (SSSR count). The molecule has 0 saturated heterocycles. The zero-order valence-electron chi connectivity index (χ0n) is 13.2. The molecule has 5 nitrogen and oxygen atoms in total. The minimum absolute atomic E-state index is 0.118. The summed E-state index contributed by atoms with van der Waals surface area (Å²) in [6, 6.07) is 15.7. The predicted molar refractivity (Wildman–Crippen MR) is 89.8 cm³/mol. The Hall–Kier alpha value is -2.66. The number of amides is 1. The van der Waals surface area contributed by atoms with Crippen LogP contribution in [0, 0.1) is 0 Å². The van der Waals surface area contributed by atoms with Crippen molar-refractivity contribution in [1.82, 2.24) is 4.90 Å². The second kappa shape index (κ2) is 7.56. The van der Waals surface area contributed by atoms with Gasteiger partial charge in [-0.2, -0.15) is 0 Å². The van der Waals surface area contributed by atoms with Gasteiger partial charge in [0.2, 0.25) is 5.91 Å². The summed E-state index contributed by atoms with van der Waals surface area (Å²) in [6.07, 6.45) is 0. The first-order valence-electron chi connectivity index (χ1n) is 7.31. The molecule has 0 bridgehead atoms. The molecule has 2 aromatic carbocycles. The topological polar surface area (TPSA) is 69.6 Å². The van der Waals surface area contributed by atoms with Crippen LogP contribution in [0.1, 0.15) is 21.8 Å². The van der Waals surface area contributed by atoms with Crippen molar-refractivity contribution in [1.29, 1.82) is 0 Å². The number of rotatable bonds is 6. The number of carboxylic acid groups (broad SMARTS) is 1. The highest BCUT2D eigenvalue weighted by Crippen LogP contribution is 2.20. The molecule has 0 radical (unpaired) electrons. The van der Waals surface area contributed by atoms with Crippen LogP contribution >= 0.6 is 0 Å². The Morgan fingerprint density at radius 2 is 1.65 bits per heavy atom. The van der Waals surface area contributed by atoms with Crippen LogP contribution < -0.4 is 5.32 Å². The van der Waals surface area contributed by atoms with Gasteiger partial charge in [0.1, 0.15) is 0 Å². The van der Waals surface area contributed by atoms with Crippen molar-refractivity contribution in [2.45, 2.75) is 5.92 Å². The van der Waals surface area contributed by atoms with Gasteiger partial charge in [-0.1, -0.05) is 30.3 Å². The van der Waals surface area contributed by atoms with Crippen molar-refractivity contribution < 1.29 is 14.7 Å². The molecule has 0 heterocycles. The van der Waals surface area contributed by atoms with Crippen LogP contribution in [-0.2, 0) is 4.79 Å². The summed E-state index contributed by atoms with van der Waals surface area (Å²) in [6.45, 7) is 0.533. The summed E-state index contributed by atoms with van der Waals surface area (Å²) >= 11 is 0. The third kappa shape index (κ3) is 4.66. The Labute approximate surface area is 135 Å². The lowest BCUT2D eigenvalue weighted by molar-refractivity contribution is -0.117. The number of aromatic carboxylic acids is 1. The van der Waals surface area contributed by atoms with E-state index in [2.05, 4.69) is 5.32 Å². The Bertz CT molecular complexity index is 666. The summed E-state index contributed by atoms with van der Waals surface area (Å²) in [5.41, 5.74) is 1.74. The number of carboxylic acids is 1. The zero-order valence-corrected chi connectivity index (χ0v) is 13.2. The molecule has 2 N–H and O–H groups in total. The second-order valence-electron chi connectivity index (χ2n) is 5.60. The van der Waals surface area contributed by atoms with Crippen molar-refractivity contribution in [3.05, 3.63) is 65.7 Å². The van der Waals surface area contributed by atoms with Gasteiger partial charge in [0.05, 0.1) is 11.5 Å². The third-order valence-corrected chi connectivity index (χ3v) is 3.47. The quantitative estimate of drug-likeness (QED) is 0.860. The van der Waals surface area contributed by atoms with Gasteiger partial charge in [0.25, 0.3) is 0 Å². The first-order chi connectivity index (χ1) is 11.0. The molecular weight excluding hydrogens is 292 g/mol. The molecule has 0 saturated carbocycles. The van der Waals surface area contributed by atoms with Crippen LogP contribution in [0.5, 0.6) is 0 Å². The van der Waals surface area contributed by atoms with Gasteiger partial charge in [-0.15, -0.1) is 0 Å². The Balaban J connectivity index is 2.22. The van der Waals surface area contributed by atoms with Gasteiger partial charge in [0.15, 0.2) is 0 Å². The minimum Gasteiger partial charge on any atom is -0.478 e. The summed E-state index contributed by atoms with van der Waals surface area (Å²) in [5, 5.41) is 11.9. The van der Waals surface area contributed by atoms with E-state index in [1.54, 1.807) is 12.1 Å². The average molecular weight is 312 g/mol. The number of nitrogens with one attached hydrogen (secondary N) is 1. The number of para-hydroxylation sites is 1. The molecule has 0 aliphatic carbocycles. The van der Waals surface area contributed by atoms with E-state index in [0.717, 1.165) is 11.3 Å². The second-order valence-corrected chi connectivity index (χ2v) is 5.60. The summed E-state index contributed by atoms with van der Waals surface area (Å²) < 4.78 is 0. The number of likely N-dealkylation sites (N-methyl/N-ethyl adjacent to an activating group) is 1. The molecule has 0 fully saturated rings. The van der Waals surface area contributed by atoms with Gasteiger partial charge < -0.3 is 15.3 Å². The normalized spacial score (nSPS) is 12.0.